The van der Waals surface area contributed by atoms with Gasteiger partial charge in [-0.25, -0.2) is 0 Å². The van der Waals surface area contributed by atoms with Crippen LogP contribution >= 0.6 is 0 Å². The molecule has 3 aromatic rings. The molecule has 0 saturated heterocycles. The Morgan fingerprint density at radius 3 is 2.20 bits per heavy atom. The van der Waals surface area contributed by atoms with E-state index in [9.17, 15) is 9.90 Å². The molecule has 1 aliphatic heterocycles. The second-order valence-corrected chi connectivity index (χ2v) is 5.92. The number of methoxy groups -OCH3 is 1. The van der Waals surface area contributed by atoms with Crippen LogP contribution in [-0.2, 0) is 5.72 Å². The van der Waals surface area contributed by atoms with Gasteiger partial charge in [0.2, 0.25) is 0 Å². The van der Waals surface area contributed by atoms with E-state index < -0.39 is 5.72 Å². The number of benzene rings is 3. The van der Waals surface area contributed by atoms with E-state index in [4.69, 9.17) is 4.74 Å². The molecule has 1 aliphatic rings. The van der Waals surface area contributed by atoms with Crippen molar-refractivity contribution in [1.29, 1.82) is 0 Å². The van der Waals surface area contributed by atoms with Crippen molar-refractivity contribution in [1.82, 2.24) is 0 Å². The average molecular weight is 331 g/mol. The van der Waals surface area contributed by atoms with Gasteiger partial charge in [0, 0.05) is 22.4 Å². The van der Waals surface area contributed by atoms with Crippen molar-refractivity contribution in [2.75, 3.05) is 12.0 Å². The summed E-state index contributed by atoms with van der Waals surface area (Å²) in [5, 5.41) is 11.7. The zero-order valence-corrected chi connectivity index (χ0v) is 13.7. The summed E-state index contributed by atoms with van der Waals surface area (Å²) in [6.45, 7) is 0. The Morgan fingerprint density at radius 2 is 1.52 bits per heavy atom. The Kier molecular flexibility index (Phi) is 3.55. The fourth-order valence-corrected chi connectivity index (χ4v) is 3.35. The van der Waals surface area contributed by atoms with Gasteiger partial charge in [0.15, 0.2) is 5.72 Å². The Morgan fingerprint density at radius 1 is 0.880 bits per heavy atom. The first-order chi connectivity index (χ1) is 12.2. The predicted molar refractivity (Wildman–Crippen MR) is 95.7 cm³/mol. The average Bonchev–Trinajstić information content (AvgIpc) is 2.91. The molecule has 1 N–H and O–H groups in total. The SMILES string of the molecule is COc1ccc(N2C(=O)c3ccccc3[C@]2(O)c2ccccc2)cc1. The maximum absolute atomic E-state index is 13.1. The van der Waals surface area contributed by atoms with Gasteiger partial charge < -0.3 is 9.84 Å². The predicted octanol–water partition coefficient (Wildman–Crippen LogP) is 3.55. The lowest BCUT2D eigenvalue weighted by Crippen LogP contribution is -2.45. The van der Waals surface area contributed by atoms with Gasteiger partial charge in [-0.3, -0.25) is 9.69 Å². The van der Waals surface area contributed by atoms with Crippen LogP contribution in [0.15, 0.2) is 78.9 Å². The highest BCUT2D eigenvalue weighted by Crippen LogP contribution is 2.44. The van der Waals surface area contributed by atoms with Crippen molar-refractivity contribution in [3.8, 4) is 5.75 Å². The first kappa shape index (κ1) is 15.4. The largest absolute Gasteiger partial charge is 0.497 e. The third-order valence-corrected chi connectivity index (χ3v) is 4.57. The monoisotopic (exact) mass is 331 g/mol. The highest BCUT2D eigenvalue weighted by Gasteiger charge is 2.50. The minimum absolute atomic E-state index is 0.230. The molecule has 1 heterocycles. The summed E-state index contributed by atoms with van der Waals surface area (Å²) in [7, 11) is 1.59. The summed E-state index contributed by atoms with van der Waals surface area (Å²) < 4.78 is 5.19. The van der Waals surface area contributed by atoms with Crippen LogP contribution in [0.25, 0.3) is 0 Å². The Bertz CT molecular complexity index is 921. The zero-order valence-electron chi connectivity index (χ0n) is 13.7. The molecule has 0 bridgehead atoms. The topological polar surface area (TPSA) is 49.8 Å². The van der Waals surface area contributed by atoms with Gasteiger partial charge in [-0.2, -0.15) is 0 Å². The lowest BCUT2D eigenvalue weighted by atomic mass is 9.93. The minimum atomic E-state index is -1.55. The van der Waals surface area contributed by atoms with Crippen LogP contribution < -0.4 is 9.64 Å². The molecule has 4 rings (SSSR count). The van der Waals surface area contributed by atoms with Crippen LogP contribution in [0.3, 0.4) is 0 Å². The van der Waals surface area contributed by atoms with Gasteiger partial charge >= 0.3 is 0 Å². The summed E-state index contributed by atoms with van der Waals surface area (Å²) >= 11 is 0. The first-order valence-electron chi connectivity index (χ1n) is 8.02. The van der Waals surface area contributed by atoms with E-state index in [1.165, 1.54) is 4.90 Å². The van der Waals surface area contributed by atoms with Crippen LogP contribution in [-0.4, -0.2) is 18.1 Å². The molecule has 1 atom stereocenters. The number of ether oxygens (including phenoxy) is 1. The molecular weight excluding hydrogens is 314 g/mol. The molecule has 3 aromatic carbocycles. The number of carbonyl (C=O) groups excluding carboxylic acids is 1. The number of carbonyl (C=O) groups is 1. The van der Waals surface area contributed by atoms with E-state index in [0.29, 0.717) is 28.1 Å². The van der Waals surface area contributed by atoms with Crippen LogP contribution in [0, 0.1) is 0 Å². The van der Waals surface area contributed by atoms with Crippen molar-refractivity contribution in [2.45, 2.75) is 5.72 Å². The number of hydrogen-bond donors (Lipinski definition) is 1. The van der Waals surface area contributed by atoms with Crippen molar-refractivity contribution >= 4 is 11.6 Å². The van der Waals surface area contributed by atoms with Gasteiger partial charge in [-0.05, 0) is 30.3 Å². The number of fused-ring (bicyclic) bond motifs is 1. The Labute approximate surface area is 145 Å². The molecule has 0 aromatic heterocycles. The molecule has 124 valence electrons. The number of amides is 1. The number of rotatable bonds is 3. The molecule has 0 saturated carbocycles. The Hall–Kier alpha value is -3.11. The molecule has 25 heavy (non-hydrogen) atoms. The Balaban J connectivity index is 1.94. The fraction of sp³-hybridized carbons (Fsp3) is 0.0952. The molecule has 4 nitrogen and oxygen atoms in total. The van der Waals surface area contributed by atoms with Gasteiger partial charge in [0.05, 0.1) is 7.11 Å². The smallest absolute Gasteiger partial charge is 0.261 e. The summed E-state index contributed by atoms with van der Waals surface area (Å²) in [6, 6.07) is 23.5. The number of nitrogens with zero attached hydrogens (tertiary/aromatic N) is 1. The van der Waals surface area contributed by atoms with Gasteiger partial charge in [-0.1, -0.05) is 48.5 Å². The molecule has 1 amide bonds. The molecule has 4 heteroatoms. The van der Waals surface area contributed by atoms with Gasteiger partial charge in [0.25, 0.3) is 5.91 Å². The normalized spacial score (nSPS) is 19.0. The maximum Gasteiger partial charge on any atom is 0.261 e. The maximum atomic E-state index is 13.1. The quantitative estimate of drug-likeness (QED) is 0.798. The fourth-order valence-electron chi connectivity index (χ4n) is 3.35. The second-order valence-electron chi connectivity index (χ2n) is 5.92. The lowest BCUT2D eigenvalue weighted by Gasteiger charge is -2.34. The van der Waals surface area contributed by atoms with Crippen LogP contribution in [0.4, 0.5) is 5.69 Å². The van der Waals surface area contributed by atoms with Gasteiger partial charge in [0.1, 0.15) is 5.75 Å². The third kappa shape index (κ3) is 2.22. The van der Waals surface area contributed by atoms with E-state index in [1.807, 2.05) is 36.4 Å². The molecule has 0 fully saturated rings. The molecule has 0 spiro atoms. The number of hydrogen-bond acceptors (Lipinski definition) is 3. The van der Waals surface area contributed by atoms with E-state index in [2.05, 4.69) is 0 Å². The van der Waals surface area contributed by atoms with Crippen LogP contribution in [0.5, 0.6) is 5.75 Å². The zero-order chi connectivity index (χ0) is 17.4. The van der Waals surface area contributed by atoms with E-state index in [1.54, 1.807) is 49.6 Å². The standard InChI is InChI=1S/C21H17NO3/c1-25-17-13-11-16(12-14-17)22-20(23)18-9-5-6-10-19(18)21(22,24)15-7-3-2-4-8-15/h2-14,24H,1H3/t21-/m1/s1. The van der Waals surface area contributed by atoms with Crippen molar-refractivity contribution in [2.24, 2.45) is 0 Å². The second kappa shape index (κ2) is 5.76. The molecule has 0 radical (unpaired) electrons. The summed E-state index contributed by atoms with van der Waals surface area (Å²) in [6.07, 6.45) is 0. The van der Waals surface area contributed by atoms with Crippen molar-refractivity contribution in [3.05, 3.63) is 95.6 Å². The summed E-state index contributed by atoms with van der Waals surface area (Å²) in [5.41, 5.74) is 0.785. The highest BCUT2D eigenvalue weighted by molar-refractivity contribution is 6.12. The highest BCUT2D eigenvalue weighted by atomic mass is 16.5. The summed E-state index contributed by atoms with van der Waals surface area (Å²) in [5.74, 6) is 0.461. The first-order valence-corrected chi connectivity index (χ1v) is 8.02. The van der Waals surface area contributed by atoms with Crippen molar-refractivity contribution < 1.29 is 14.6 Å². The number of aliphatic hydroxyl groups is 1. The van der Waals surface area contributed by atoms with E-state index in [0.717, 1.165) is 0 Å². The number of anilines is 1. The van der Waals surface area contributed by atoms with Crippen LogP contribution in [0.2, 0.25) is 0 Å². The summed E-state index contributed by atoms with van der Waals surface area (Å²) in [4.78, 5) is 14.5. The third-order valence-electron chi connectivity index (χ3n) is 4.57. The van der Waals surface area contributed by atoms with E-state index >= 15 is 0 Å². The van der Waals surface area contributed by atoms with Crippen LogP contribution in [0.1, 0.15) is 21.5 Å². The van der Waals surface area contributed by atoms with Crippen molar-refractivity contribution in [3.63, 3.8) is 0 Å². The van der Waals surface area contributed by atoms with E-state index in [-0.39, 0.29) is 5.91 Å². The minimum Gasteiger partial charge on any atom is -0.497 e. The molecule has 0 unspecified atom stereocenters. The molecular formula is C21H17NO3. The molecule has 0 aliphatic carbocycles. The lowest BCUT2D eigenvalue weighted by molar-refractivity contribution is 0.0703. The van der Waals surface area contributed by atoms with Gasteiger partial charge in [-0.15, -0.1) is 0 Å².